The number of hydrogen-bond acceptors (Lipinski definition) is 5. The third-order valence-corrected chi connectivity index (χ3v) is 3.61. The van der Waals surface area contributed by atoms with E-state index in [4.69, 9.17) is 14.2 Å². The van der Waals surface area contributed by atoms with Gasteiger partial charge in [-0.15, -0.1) is 0 Å². The molecule has 0 aromatic heterocycles. The lowest BCUT2D eigenvalue weighted by Gasteiger charge is -2.16. The zero-order valence-electron chi connectivity index (χ0n) is 16.3. The van der Waals surface area contributed by atoms with Gasteiger partial charge >= 0.3 is 0 Å². The van der Waals surface area contributed by atoms with E-state index in [0.29, 0.717) is 17.8 Å². The van der Waals surface area contributed by atoms with Crippen LogP contribution >= 0.6 is 0 Å². The lowest BCUT2D eigenvalue weighted by molar-refractivity contribution is -0.127. The van der Waals surface area contributed by atoms with Crippen molar-refractivity contribution in [2.45, 2.75) is 66.6 Å². The average Bonchev–Trinajstić information content (AvgIpc) is 2.74. The van der Waals surface area contributed by atoms with E-state index in [0.717, 1.165) is 6.42 Å². The lowest BCUT2D eigenvalue weighted by atomic mass is 9.89. The molecule has 0 heterocycles. The molecule has 0 aromatic carbocycles. The van der Waals surface area contributed by atoms with Crippen molar-refractivity contribution in [1.82, 2.24) is 0 Å². The summed E-state index contributed by atoms with van der Waals surface area (Å²) in [7, 11) is 1.54. The van der Waals surface area contributed by atoms with Gasteiger partial charge in [-0.1, -0.05) is 19.4 Å². The standard InChI is InChI=1S/C20H30O5/c1-8-10-14(15(23-7)11-9-2)16-17(21)19(24-12(3)4)20(18(16)22)25-13(5)6/h9,11-13,16H,8,10H2,1-7H3/b11-9+,15-14+. The maximum absolute atomic E-state index is 13.0. The van der Waals surface area contributed by atoms with E-state index in [1.807, 2.05) is 47.6 Å². The van der Waals surface area contributed by atoms with Gasteiger partial charge in [-0.25, -0.2) is 0 Å². The molecule has 1 aliphatic carbocycles. The van der Waals surface area contributed by atoms with Gasteiger partial charge in [0.05, 0.1) is 19.3 Å². The second-order valence-electron chi connectivity index (χ2n) is 6.50. The largest absolute Gasteiger partial charge is 0.497 e. The number of Topliss-reactive ketones (excluding diaryl/α,β-unsaturated/α-hetero) is 2. The average molecular weight is 350 g/mol. The number of carbonyl (C=O) groups excluding carboxylic acids is 2. The van der Waals surface area contributed by atoms with E-state index >= 15 is 0 Å². The third kappa shape index (κ3) is 4.97. The molecule has 0 atom stereocenters. The second kappa shape index (κ2) is 9.44. The molecule has 0 spiro atoms. The first-order chi connectivity index (χ1) is 11.8. The summed E-state index contributed by atoms with van der Waals surface area (Å²) in [4.78, 5) is 26.0. The molecule has 0 radical (unpaired) electrons. The molecule has 0 bridgehead atoms. The smallest absolute Gasteiger partial charge is 0.216 e. The van der Waals surface area contributed by atoms with Crippen molar-refractivity contribution in [3.05, 3.63) is 35.0 Å². The third-order valence-electron chi connectivity index (χ3n) is 3.61. The van der Waals surface area contributed by atoms with Crippen LogP contribution in [-0.4, -0.2) is 30.9 Å². The van der Waals surface area contributed by atoms with Gasteiger partial charge in [-0.3, -0.25) is 9.59 Å². The van der Waals surface area contributed by atoms with Crippen LogP contribution in [0.1, 0.15) is 54.4 Å². The highest BCUT2D eigenvalue weighted by molar-refractivity contribution is 6.24. The topological polar surface area (TPSA) is 61.8 Å². The van der Waals surface area contributed by atoms with Crippen LogP contribution in [-0.2, 0) is 23.8 Å². The molecule has 1 aliphatic rings. The Bertz CT molecular complexity index is 561. The highest BCUT2D eigenvalue weighted by atomic mass is 16.5. The predicted octanol–water partition coefficient (Wildman–Crippen LogP) is 4.09. The maximum atomic E-state index is 13.0. The molecule has 0 amide bonds. The van der Waals surface area contributed by atoms with Gasteiger partial charge < -0.3 is 14.2 Å². The zero-order valence-corrected chi connectivity index (χ0v) is 16.3. The lowest BCUT2D eigenvalue weighted by Crippen LogP contribution is -2.23. The van der Waals surface area contributed by atoms with Crippen LogP contribution in [0.4, 0.5) is 0 Å². The molecular formula is C20H30O5. The van der Waals surface area contributed by atoms with E-state index < -0.39 is 5.92 Å². The van der Waals surface area contributed by atoms with Crippen molar-refractivity contribution in [2.75, 3.05) is 7.11 Å². The monoisotopic (exact) mass is 350 g/mol. The Morgan fingerprint density at radius 3 is 1.84 bits per heavy atom. The van der Waals surface area contributed by atoms with Gasteiger partial charge in [0.1, 0.15) is 11.7 Å². The maximum Gasteiger partial charge on any atom is 0.216 e. The van der Waals surface area contributed by atoms with Crippen molar-refractivity contribution in [3.63, 3.8) is 0 Å². The first kappa shape index (κ1) is 21.0. The first-order valence-corrected chi connectivity index (χ1v) is 8.84. The first-order valence-electron chi connectivity index (χ1n) is 8.84. The number of allylic oxidation sites excluding steroid dienone is 5. The molecule has 0 aliphatic heterocycles. The summed E-state index contributed by atoms with van der Waals surface area (Å²) in [6.07, 6.45) is 4.51. The minimum Gasteiger partial charge on any atom is -0.497 e. The van der Waals surface area contributed by atoms with E-state index in [1.54, 1.807) is 13.2 Å². The molecule has 1 rings (SSSR count). The Morgan fingerprint density at radius 2 is 1.52 bits per heavy atom. The molecule has 0 N–H and O–H groups in total. The van der Waals surface area contributed by atoms with Gasteiger partial charge in [-0.05, 0) is 52.7 Å². The van der Waals surface area contributed by atoms with Gasteiger partial charge in [0.2, 0.25) is 23.1 Å². The highest BCUT2D eigenvalue weighted by Gasteiger charge is 2.47. The van der Waals surface area contributed by atoms with Crippen LogP contribution in [0.15, 0.2) is 35.0 Å². The van der Waals surface area contributed by atoms with Crippen LogP contribution < -0.4 is 0 Å². The van der Waals surface area contributed by atoms with Gasteiger partial charge in [0.15, 0.2) is 0 Å². The van der Waals surface area contributed by atoms with E-state index in [1.165, 1.54) is 0 Å². The van der Waals surface area contributed by atoms with Crippen LogP contribution in [0.5, 0.6) is 0 Å². The van der Waals surface area contributed by atoms with E-state index in [2.05, 4.69) is 0 Å². The van der Waals surface area contributed by atoms with Crippen molar-refractivity contribution >= 4 is 11.6 Å². The Morgan fingerprint density at radius 1 is 1.04 bits per heavy atom. The van der Waals surface area contributed by atoms with E-state index in [-0.39, 0.29) is 35.3 Å². The molecule has 0 unspecified atom stereocenters. The summed E-state index contributed by atoms with van der Waals surface area (Å²) in [6.45, 7) is 11.1. The minimum absolute atomic E-state index is 0.0308. The number of ether oxygens (including phenoxy) is 3. The summed E-state index contributed by atoms with van der Waals surface area (Å²) in [5.74, 6) is -1.03. The number of carbonyl (C=O) groups is 2. The van der Waals surface area contributed by atoms with Crippen molar-refractivity contribution < 1.29 is 23.8 Å². The second-order valence-corrected chi connectivity index (χ2v) is 6.50. The molecule has 25 heavy (non-hydrogen) atoms. The molecule has 140 valence electrons. The Hall–Kier alpha value is -2.04. The Balaban J connectivity index is 3.43. The minimum atomic E-state index is -0.936. The van der Waals surface area contributed by atoms with Gasteiger partial charge in [0.25, 0.3) is 0 Å². The number of methoxy groups -OCH3 is 1. The summed E-state index contributed by atoms with van der Waals surface area (Å²) >= 11 is 0. The van der Waals surface area contributed by atoms with Crippen molar-refractivity contribution in [3.8, 4) is 0 Å². The van der Waals surface area contributed by atoms with Crippen LogP contribution in [0.25, 0.3) is 0 Å². The fourth-order valence-corrected chi connectivity index (χ4v) is 2.75. The molecule has 0 fully saturated rings. The fraction of sp³-hybridized carbons (Fsp3) is 0.600. The quantitative estimate of drug-likeness (QED) is 0.356. The number of ketones is 2. The SMILES string of the molecule is C/C=C/C(OC)=C(/CCC)C1C(=O)C(OC(C)C)=C(OC(C)C)C1=O. The van der Waals surface area contributed by atoms with Gasteiger partial charge in [0, 0.05) is 0 Å². The summed E-state index contributed by atoms with van der Waals surface area (Å²) in [6, 6.07) is 0. The molecule has 0 saturated carbocycles. The fourth-order valence-electron chi connectivity index (χ4n) is 2.75. The Labute approximate surface area is 150 Å². The zero-order chi connectivity index (χ0) is 19.1. The van der Waals surface area contributed by atoms with Gasteiger partial charge in [-0.2, -0.15) is 0 Å². The van der Waals surface area contributed by atoms with E-state index in [9.17, 15) is 9.59 Å². The summed E-state index contributed by atoms with van der Waals surface area (Å²) in [5.41, 5.74) is 0.672. The normalized spacial score (nSPS) is 17.2. The molecule has 0 aromatic rings. The predicted molar refractivity (Wildman–Crippen MR) is 96.7 cm³/mol. The molecule has 5 nitrogen and oxygen atoms in total. The van der Waals surface area contributed by atoms with Crippen molar-refractivity contribution in [2.24, 2.45) is 5.92 Å². The van der Waals surface area contributed by atoms with Crippen molar-refractivity contribution in [1.29, 1.82) is 0 Å². The molecule has 0 saturated heterocycles. The van der Waals surface area contributed by atoms with Crippen LogP contribution in [0.3, 0.4) is 0 Å². The highest BCUT2D eigenvalue weighted by Crippen LogP contribution is 2.36. The summed E-state index contributed by atoms with van der Waals surface area (Å²) in [5, 5.41) is 0. The number of hydrogen-bond donors (Lipinski definition) is 0. The molecule has 5 heteroatoms. The summed E-state index contributed by atoms with van der Waals surface area (Å²) < 4.78 is 16.7. The molecular weight excluding hydrogens is 320 g/mol. The Kier molecular flexibility index (Phi) is 7.94. The number of rotatable bonds is 9. The van der Waals surface area contributed by atoms with Crippen LogP contribution in [0, 0.1) is 5.92 Å². The van der Waals surface area contributed by atoms with Crippen LogP contribution in [0.2, 0.25) is 0 Å².